The molecular weight excluding hydrogens is 242 g/mol. The zero-order valence-corrected chi connectivity index (χ0v) is 11.0. The summed E-state index contributed by atoms with van der Waals surface area (Å²) in [6.07, 6.45) is 9.11. The van der Waals surface area contributed by atoms with Crippen LogP contribution < -0.4 is 10.6 Å². The Morgan fingerprint density at radius 3 is 2.84 bits per heavy atom. The normalized spacial score (nSPS) is 23.5. The summed E-state index contributed by atoms with van der Waals surface area (Å²) in [5, 5.41) is 16.1. The van der Waals surface area contributed by atoms with Crippen molar-refractivity contribution >= 4 is 17.3 Å². The van der Waals surface area contributed by atoms with Gasteiger partial charge in [0.2, 0.25) is 0 Å². The van der Waals surface area contributed by atoms with Crippen LogP contribution in [0.25, 0.3) is 5.65 Å². The Labute approximate surface area is 111 Å². The number of nitrogens with zero attached hydrogens (tertiary/aromatic N) is 3. The lowest BCUT2D eigenvalue weighted by atomic mass is 9.93. The van der Waals surface area contributed by atoms with Crippen LogP contribution in [0.1, 0.15) is 25.7 Å². The fourth-order valence-corrected chi connectivity index (χ4v) is 2.56. The molecule has 2 heterocycles. The molecule has 2 aromatic rings. The number of hydrogen-bond donors (Lipinski definition) is 3. The second-order valence-electron chi connectivity index (χ2n) is 5.03. The van der Waals surface area contributed by atoms with E-state index in [1.807, 2.05) is 23.8 Å². The van der Waals surface area contributed by atoms with Gasteiger partial charge in [-0.15, -0.1) is 0 Å². The van der Waals surface area contributed by atoms with Crippen LogP contribution in [0.15, 0.2) is 18.6 Å². The van der Waals surface area contributed by atoms with E-state index in [-0.39, 0.29) is 6.10 Å². The number of anilines is 2. The Hall–Kier alpha value is -1.82. The van der Waals surface area contributed by atoms with Crippen molar-refractivity contribution in [3.8, 4) is 0 Å². The number of fused-ring (bicyclic) bond motifs is 1. The molecular formula is C13H19N5O. The minimum absolute atomic E-state index is 0.138. The molecule has 3 N–H and O–H groups in total. The van der Waals surface area contributed by atoms with E-state index in [1.54, 1.807) is 6.20 Å². The smallest absolute Gasteiger partial charge is 0.180 e. The van der Waals surface area contributed by atoms with E-state index in [0.717, 1.165) is 43.0 Å². The summed E-state index contributed by atoms with van der Waals surface area (Å²) in [4.78, 5) is 8.87. The number of hydrogen-bond acceptors (Lipinski definition) is 5. The highest BCUT2D eigenvalue weighted by atomic mass is 16.3. The number of aromatic nitrogens is 3. The first-order chi connectivity index (χ1) is 9.26. The molecule has 0 atom stereocenters. The first kappa shape index (κ1) is 12.2. The molecule has 0 radical (unpaired) electrons. The highest BCUT2D eigenvalue weighted by Gasteiger charge is 2.20. The Balaban J connectivity index is 1.85. The average Bonchev–Trinajstić information content (AvgIpc) is 2.89. The summed E-state index contributed by atoms with van der Waals surface area (Å²) in [6.45, 7) is 0. The van der Waals surface area contributed by atoms with Gasteiger partial charge in [0, 0.05) is 25.5 Å². The SMILES string of the molecule is CNc1cn2ccnc2c(NC2CCC(O)CC2)n1. The quantitative estimate of drug-likeness (QED) is 0.780. The van der Waals surface area contributed by atoms with Crippen LogP contribution >= 0.6 is 0 Å². The molecule has 19 heavy (non-hydrogen) atoms. The molecule has 1 saturated carbocycles. The molecule has 1 aliphatic rings. The molecule has 6 nitrogen and oxygen atoms in total. The van der Waals surface area contributed by atoms with Gasteiger partial charge in [-0.25, -0.2) is 9.97 Å². The van der Waals surface area contributed by atoms with Gasteiger partial charge in [0.25, 0.3) is 0 Å². The van der Waals surface area contributed by atoms with Crippen LogP contribution in [0, 0.1) is 0 Å². The van der Waals surface area contributed by atoms with Crippen LogP contribution in [-0.2, 0) is 0 Å². The van der Waals surface area contributed by atoms with E-state index in [4.69, 9.17) is 0 Å². The molecule has 2 aromatic heterocycles. The Morgan fingerprint density at radius 1 is 1.32 bits per heavy atom. The van der Waals surface area contributed by atoms with Crippen LogP contribution in [0.3, 0.4) is 0 Å². The lowest BCUT2D eigenvalue weighted by Crippen LogP contribution is -2.28. The first-order valence-corrected chi connectivity index (χ1v) is 6.72. The maximum Gasteiger partial charge on any atom is 0.180 e. The number of nitrogens with one attached hydrogen (secondary N) is 2. The Bertz CT molecular complexity index is 559. The van der Waals surface area contributed by atoms with Crippen molar-refractivity contribution in [2.75, 3.05) is 17.7 Å². The zero-order chi connectivity index (χ0) is 13.2. The Morgan fingerprint density at radius 2 is 2.11 bits per heavy atom. The standard InChI is InChI=1S/C13H19N5O/c1-14-11-8-18-7-6-15-13(18)12(17-11)16-9-2-4-10(19)5-3-9/h6-10,14,19H,2-5H2,1H3,(H,16,17). The van der Waals surface area contributed by atoms with Crippen molar-refractivity contribution in [1.82, 2.24) is 14.4 Å². The van der Waals surface area contributed by atoms with E-state index in [9.17, 15) is 5.11 Å². The molecule has 1 aliphatic carbocycles. The molecule has 6 heteroatoms. The van der Waals surface area contributed by atoms with Crippen molar-refractivity contribution < 1.29 is 5.11 Å². The molecule has 0 bridgehead atoms. The average molecular weight is 261 g/mol. The van der Waals surface area contributed by atoms with Gasteiger partial charge in [-0.05, 0) is 25.7 Å². The van der Waals surface area contributed by atoms with Gasteiger partial charge in [0.05, 0.1) is 12.3 Å². The summed E-state index contributed by atoms with van der Waals surface area (Å²) < 4.78 is 1.96. The van der Waals surface area contributed by atoms with Crippen molar-refractivity contribution in [2.45, 2.75) is 37.8 Å². The van der Waals surface area contributed by atoms with Crippen molar-refractivity contribution in [2.24, 2.45) is 0 Å². The van der Waals surface area contributed by atoms with Crippen molar-refractivity contribution in [3.63, 3.8) is 0 Å². The second-order valence-corrected chi connectivity index (χ2v) is 5.03. The summed E-state index contributed by atoms with van der Waals surface area (Å²) in [6, 6.07) is 0.364. The maximum absolute atomic E-state index is 9.54. The fraction of sp³-hybridized carbons (Fsp3) is 0.538. The number of imidazole rings is 1. The molecule has 1 fully saturated rings. The van der Waals surface area contributed by atoms with Gasteiger partial charge in [-0.1, -0.05) is 0 Å². The molecule has 3 rings (SSSR count). The van der Waals surface area contributed by atoms with E-state index in [0.29, 0.717) is 6.04 Å². The molecule has 0 saturated heterocycles. The molecule has 102 valence electrons. The minimum Gasteiger partial charge on any atom is -0.393 e. The largest absolute Gasteiger partial charge is 0.393 e. The third-order valence-electron chi connectivity index (χ3n) is 3.67. The lowest BCUT2D eigenvalue weighted by molar-refractivity contribution is 0.126. The number of aliphatic hydroxyl groups is 1. The predicted octanol–water partition coefficient (Wildman–Crippen LogP) is 1.49. The summed E-state index contributed by atoms with van der Waals surface area (Å²) in [7, 11) is 1.85. The highest BCUT2D eigenvalue weighted by molar-refractivity contribution is 5.65. The first-order valence-electron chi connectivity index (χ1n) is 6.72. The number of rotatable bonds is 3. The molecule has 0 unspecified atom stereocenters. The van der Waals surface area contributed by atoms with Gasteiger partial charge in [0.1, 0.15) is 5.82 Å². The maximum atomic E-state index is 9.54. The topological polar surface area (TPSA) is 74.5 Å². The van der Waals surface area contributed by atoms with E-state index in [2.05, 4.69) is 20.6 Å². The van der Waals surface area contributed by atoms with E-state index < -0.39 is 0 Å². The van der Waals surface area contributed by atoms with Crippen LogP contribution in [-0.4, -0.2) is 38.7 Å². The third kappa shape index (κ3) is 2.49. The zero-order valence-electron chi connectivity index (χ0n) is 11.0. The highest BCUT2D eigenvalue weighted by Crippen LogP contribution is 2.24. The van der Waals surface area contributed by atoms with E-state index in [1.165, 1.54) is 0 Å². The fourth-order valence-electron chi connectivity index (χ4n) is 2.56. The van der Waals surface area contributed by atoms with Crippen LogP contribution in [0.4, 0.5) is 11.6 Å². The van der Waals surface area contributed by atoms with Crippen molar-refractivity contribution in [3.05, 3.63) is 18.6 Å². The molecule has 0 aliphatic heterocycles. The van der Waals surface area contributed by atoms with Gasteiger partial charge in [0.15, 0.2) is 11.5 Å². The predicted molar refractivity (Wildman–Crippen MR) is 74.4 cm³/mol. The van der Waals surface area contributed by atoms with Gasteiger partial charge in [-0.3, -0.25) is 0 Å². The summed E-state index contributed by atoms with van der Waals surface area (Å²) in [5.74, 6) is 1.61. The monoisotopic (exact) mass is 261 g/mol. The van der Waals surface area contributed by atoms with Gasteiger partial charge < -0.3 is 20.1 Å². The summed E-state index contributed by atoms with van der Waals surface area (Å²) >= 11 is 0. The number of aliphatic hydroxyl groups excluding tert-OH is 1. The molecule has 0 spiro atoms. The Kier molecular flexibility index (Phi) is 3.25. The van der Waals surface area contributed by atoms with E-state index >= 15 is 0 Å². The van der Waals surface area contributed by atoms with Crippen LogP contribution in [0.2, 0.25) is 0 Å². The lowest BCUT2D eigenvalue weighted by Gasteiger charge is -2.26. The van der Waals surface area contributed by atoms with Gasteiger partial charge in [-0.2, -0.15) is 0 Å². The molecule has 0 aromatic carbocycles. The third-order valence-corrected chi connectivity index (χ3v) is 3.67. The van der Waals surface area contributed by atoms with Crippen LogP contribution in [0.5, 0.6) is 0 Å². The summed E-state index contributed by atoms with van der Waals surface area (Å²) in [5.41, 5.74) is 0.838. The van der Waals surface area contributed by atoms with Gasteiger partial charge >= 0.3 is 0 Å². The second kappa shape index (κ2) is 5.05. The van der Waals surface area contributed by atoms with Crippen molar-refractivity contribution in [1.29, 1.82) is 0 Å². The minimum atomic E-state index is -0.138. The molecule has 0 amide bonds.